The maximum absolute atomic E-state index is 2.33. The van der Waals surface area contributed by atoms with Crippen molar-refractivity contribution in [3.63, 3.8) is 0 Å². The van der Waals surface area contributed by atoms with Gasteiger partial charge in [0, 0.05) is 0 Å². The summed E-state index contributed by atoms with van der Waals surface area (Å²) in [4.78, 5) is 0. The van der Waals surface area contributed by atoms with E-state index in [0.717, 1.165) is 5.92 Å². The minimum atomic E-state index is 0.792. The van der Waals surface area contributed by atoms with Gasteiger partial charge in [-0.1, -0.05) is 45.0 Å². The Morgan fingerprint density at radius 3 is 2.54 bits per heavy atom. The van der Waals surface area contributed by atoms with Gasteiger partial charge in [0.15, 0.2) is 0 Å². The minimum Gasteiger partial charge on any atom is -0.0683 e. The third-order valence-corrected chi connectivity index (χ3v) is 2.67. The quantitative estimate of drug-likeness (QED) is 0.557. The highest BCUT2D eigenvalue weighted by atomic mass is 14.2. The summed E-state index contributed by atoms with van der Waals surface area (Å²) in [5, 5.41) is 0. The van der Waals surface area contributed by atoms with Gasteiger partial charge in [-0.3, -0.25) is 0 Å². The molecule has 0 unspecified atom stereocenters. The van der Waals surface area contributed by atoms with Crippen LogP contribution >= 0.6 is 0 Å². The Morgan fingerprint density at radius 2 is 1.85 bits per heavy atom. The summed E-state index contributed by atoms with van der Waals surface area (Å²) in [6, 6.07) is 8.85. The van der Waals surface area contributed by atoms with Crippen LogP contribution < -0.4 is 0 Å². The second-order valence-corrected chi connectivity index (χ2v) is 3.49. The molecule has 0 spiro atoms. The van der Waals surface area contributed by atoms with E-state index in [-0.39, 0.29) is 0 Å². The van der Waals surface area contributed by atoms with Crippen molar-refractivity contribution in [2.45, 2.75) is 46.0 Å². The molecule has 0 aromatic heterocycles. The Bertz CT molecular complexity index is 250. The summed E-state index contributed by atoms with van der Waals surface area (Å²) < 4.78 is 0. The van der Waals surface area contributed by atoms with Gasteiger partial charge in [-0.15, -0.1) is 0 Å². The molecule has 0 radical (unpaired) electrons. The van der Waals surface area contributed by atoms with Crippen molar-refractivity contribution in [1.29, 1.82) is 0 Å². The molecule has 0 bridgehead atoms. The summed E-state index contributed by atoms with van der Waals surface area (Å²) in [5.74, 6) is 0.792. The molecular formula is C13H20. The van der Waals surface area contributed by atoms with Crippen LogP contribution in [0, 0.1) is 0 Å². The lowest BCUT2D eigenvalue weighted by molar-refractivity contribution is 0.590. The zero-order valence-electron chi connectivity index (χ0n) is 9.01. The third kappa shape index (κ3) is 2.33. The number of hydrogen-bond donors (Lipinski definition) is 0. The van der Waals surface area contributed by atoms with Gasteiger partial charge in [-0.25, -0.2) is 0 Å². The summed E-state index contributed by atoms with van der Waals surface area (Å²) >= 11 is 0. The van der Waals surface area contributed by atoms with Gasteiger partial charge in [-0.2, -0.15) is 0 Å². The molecule has 0 heteroatoms. The third-order valence-electron chi connectivity index (χ3n) is 2.67. The van der Waals surface area contributed by atoms with Crippen LogP contribution in [-0.4, -0.2) is 0 Å². The number of rotatable bonds is 0. The van der Waals surface area contributed by atoms with Crippen molar-refractivity contribution in [1.82, 2.24) is 0 Å². The van der Waals surface area contributed by atoms with E-state index in [1.54, 1.807) is 11.1 Å². The Balaban J connectivity index is 0.000000396. The van der Waals surface area contributed by atoms with Crippen LogP contribution in [0.2, 0.25) is 0 Å². The SMILES string of the molecule is CC.C[C@H]1CCCc2ccccc21. The van der Waals surface area contributed by atoms with E-state index in [1.807, 2.05) is 13.8 Å². The standard InChI is InChI=1S/C11H14.C2H6/c1-9-5-4-7-10-6-2-3-8-11(9)10;1-2/h2-3,6,8-9H,4-5,7H2,1H3;1-2H3/t9-;/m0./s1. The molecule has 0 saturated carbocycles. The predicted octanol–water partition coefficient (Wildman–Crippen LogP) is 4.15. The van der Waals surface area contributed by atoms with E-state index < -0.39 is 0 Å². The molecular weight excluding hydrogens is 156 g/mol. The molecule has 1 aliphatic rings. The Kier molecular flexibility index (Phi) is 4.01. The maximum atomic E-state index is 2.33. The molecule has 0 N–H and O–H groups in total. The van der Waals surface area contributed by atoms with E-state index in [9.17, 15) is 0 Å². The molecule has 13 heavy (non-hydrogen) atoms. The largest absolute Gasteiger partial charge is 0.0683 e. The first-order chi connectivity index (χ1) is 6.38. The van der Waals surface area contributed by atoms with Gasteiger partial charge in [0.25, 0.3) is 0 Å². The summed E-state index contributed by atoms with van der Waals surface area (Å²) in [6.45, 7) is 6.33. The van der Waals surface area contributed by atoms with Crippen LogP contribution in [0.5, 0.6) is 0 Å². The number of hydrogen-bond acceptors (Lipinski definition) is 0. The van der Waals surface area contributed by atoms with E-state index >= 15 is 0 Å². The normalized spacial score (nSPS) is 19.8. The molecule has 1 aliphatic carbocycles. The van der Waals surface area contributed by atoms with Gasteiger partial charge in [-0.05, 0) is 36.3 Å². The lowest BCUT2D eigenvalue weighted by atomic mass is 9.84. The highest BCUT2D eigenvalue weighted by Crippen LogP contribution is 2.30. The molecule has 2 rings (SSSR count). The second kappa shape index (κ2) is 5.06. The van der Waals surface area contributed by atoms with Crippen LogP contribution in [0.15, 0.2) is 24.3 Å². The predicted molar refractivity (Wildman–Crippen MR) is 59.1 cm³/mol. The van der Waals surface area contributed by atoms with Crippen LogP contribution in [0.1, 0.15) is 50.7 Å². The van der Waals surface area contributed by atoms with Crippen molar-refractivity contribution in [3.05, 3.63) is 35.4 Å². The van der Waals surface area contributed by atoms with Gasteiger partial charge in [0.1, 0.15) is 0 Å². The molecule has 1 aromatic carbocycles. The van der Waals surface area contributed by atoms with Gasteiger partial charge < -0.3 is 0 Å². The number of benzene rings is 1. The average molecular weight is 176 g/mol. The Morgan fingerprint density at radius 1 is 1.15 bits per heavy atom. The molecule has 0 aliphatic heterocycles. The van der Waals surface area contributed by atoms with Crippen LogP contribution in [0.25, 0.3) is 0 Å². The van der Waals surface area contributed by atoms with Crippen molar-refractivity contribution < 1.29 is 0 Å². The fourth-order valence-electron chi connectivity index (χ4n) is 2.00. The summed E-state index contributed by atoms with van der Waals surface area (Å²) in [5.41, 5.74) is 3.16. The minimum absolute atomic E-state index is 0.792. The second-order valence-electron chi connectivity index (χ2n) is 3.49. The molecule has 72 valence electrons. The zero-order valence-corrected chi connectivity index (χ0v) is 9.01. The van der Waals surface area contributed by atoms with Crippen molar-refractivity contribution in [2.75, 3.05) is 0 Å². The van der Waals surface area contributed by atoms with Crippen LogP contribution in [-0.2, 0) is 6.42 Å². The van der Waals surface area contributed by atoms with Gasteiger partial charge in [0.05, 0.1) is 0 Å². The van der Waals surface area contributed by atoms with Crippen LogP contribution in [0.4, 0.5) is 0 Å². The van der Waals surface area contributed by atoms with Crippen molar-refractivity contribution in [3.8, 4) is 0 Å². The highest BCUT2D eigenvalue weighted by molar-refractivity contribution is 5.31. The lowest BCUT2D eigenvalue weighted by Crippen LogP contribution is -2.05. The molecule has 0 saturated heterocycles. The first-order valence-electron chi connectivity index (χ1n) is 5.46. The number of aryl methyl sites for hydroxylation is 1. The van der Waals surface area contributed by atoms with E-state index in [0.29, 0.717) is 0 Å². The lowest BCUT2D eigenvalue weighted by Gasteiger charge is -2.21. The molecule has 0 fully saturated rings. The first kappa shape index (κ1) is 10.3. The fraction of sp³-hybridized carbons (Fsp3) is 0.538. The summed E-state index contributed by atoms with van der Waals surface area (Å²) in [7, 11) is 0. The highest BCUT2D eigenvalue weighted by Gasteiger charge is 2.14. The van der Waals surface area contributed by atoms with Gasteiger partial charge in [0.2, 0.25) is 0 Å². The topological polar surface area (TPSA) is 0 Å². The fourth-order valence-corrected chi connectivity index (χ4v) is 2.00. The molecule has 1 atom stereocenters. The number of fused-ring (bicyclic) bond motifs is 1. The zero-order chi connectivity index (χ0) is 9.68. The molecule has 0 amide bonds. The van der Waals surface area contributed by atoms with E-state index in [1.165, 1.54) is 19.3 Å². The van der Waals surface area contributed by atoms with Crippen LogP contribution in [0.3, 0.4) is 0 Å². The Labute approximate surface area is 82.0 Å². The average Bonchev–Trinajstić information content (AvgIpc) is 2.22. The molecule has 1 aromatic rings. The van der Waals surface area contributed by atoms with Gasteiger partial charge >= 0.3 is 0 Å². The smallest absolute Gasteiger partial charge is 0.0188 e. The van der Waals surface area contributed by atoms with Crippen molar-refractivity contribution >= 4 is 0 Å². The van der Waals surface area contributed by atoms with Crippen molar-refractivity contribution in [2.24, 2.45) is 0 Å². The maximum Gasteiger partial charge on any atom is -0.0188 e. The summed E-state index contributed by atoms with van der Waals surface area (Å²) in [6.07, 6.45) is 4.04. The van der Waals surface area contributed by atoms with E-state index in [2.05, 4.69) is 31.2 Å². The Hall–Kier alpha value is -0.780. The van der Waals surface area contributed by atoms with E-state index in [4.69, 9.17) is 0 Å². The monoisotopic (exact) mass is 176 g/mol. The molecule has 0 heterocycles. The first-order valence-corrected chi connectivity index (χ1v) is 5.46. The molecule has 0 nitrogen and oxygen atoms in total.